The molecule has 0 bridgehead atoms. The zero-order valence-corrected chi connectivity index (χ0v) is 14.4. The molecule has 3 heterocycles. The molecule has 0 aliphatic carbocycles. The minimum absolute atomic E-state index is 0.0446. The highest BCUT2D eigenvalue weighted by Gasteiger charge is 2.51. The van der Waals surface area contributed by atoms with E-state index in [0.717, 1.165) is 17.7 Å². The highest BCUT2D eigenvalue weighted by Crippen LogP contribution is 2.41. The highest BCUT2D eigenvalue weighted by atomic mass is 16.5. The Morgan fingerprint density at radius 2 is 2.36 bits per heavy atom. The van der Waals surface area contributed by atoms with E-state index >= 15 is 0 Å². The molecule has 6 heteroatoms. The fourth-order valence-electron chi connectivity index (χ4n) is 4.04. The Kier molecular flexibility index (Phi) is 4.31. The van der Waals surface area contributed by atoms with Crippen LogP contribution in [0.2, 0.25) is 0 Å². The van der Waals surface area contributed by atoms with Crippen LogP contribution in [0.25, 0.3) is 0 Å². The van der Waals surface area contributed by atoms with Crippen LogP contribution in [0, 0.1) is 11.3 Å². The number of benzene rings is 1. The first kappa shape index (κ1) is 16.3. The molecule has 0 N–H and O–H groups in total. The van der Waals surface area contributed by atoms with Crippen molar-refractivity contribution < 1.29 is 14.3 Å². The molecule has 25 heavy (non-hydrogen) atoms. The molecule has 1 aromatic heterocycles. The van der Waals surface area contributed by atoms with Gasteiger partial charge in [-0.05, 0) is 23.8 Å². The van der Waals surface area contributed by atoms with E-state index in [2.05, 4.69) is 5.10 Å². The van der Waals surface area contributed by atoms with E-state index < -0.39 is 0 Å². The van der Waals surface area contributed by atoms with Crippen LogP contribution in [-0.4, -0.2) is 60.6 Å². The number of hydrogen-bond acceptors (Lipinski definition) is 4. The molecular weight excluding hydrogens is 318 g/mol. The van der Waals surface area contributed by atoms with Gasteiger partial charge >= 0.3 is 0 Å². The van der Waals surface area contributed by atoms with Gasteiger partial charge in [-0.1, -0.05) is 12.1 Å². The molecule has 2 atom stereocenters. The zero-order chi connectivity index (χ0) is 17.3. The van der Waals surface area contributed by atoms with Crippen molar-refractivity contribution >= 4 is 5.91 Å². The molecule has 0 saturated carbocycles. The zero-order valence-electron chi connectivity index (χ0n) is 14.4. The Labute approximate surface area is 147 Å². The SMILES string of the molecule is COC[C@@]12COC[C@@H]1CN(C(=O)c1cccc(Cn3cccn3)c1)C2. The third-order valence-corrected chi connectivity index (χ3v) is 5.32. The summed E-state index contributed by atoms with van der Waals surface area (Å²) in [5.41, 5.74) is 1.76. The van der Waals surface area contributed by atoms with Gasteiger partial charge in [0.15, 0.2) is 0 Å². The molecule has 4 rings (SSSR count). The quantitative estimate of drug-likeness (QED) is 0.830. The van der Waals surface area contributed by atoms with Crippen LogP contribution in [0.1, 0.15) is 15.9 Å². The van der Waals surface area contributed by atoms with Crippen molar-refractivity contribution in [3.05, 3.63) is 53.9 Å². The average molecular weight is 341 g/mol. The summed E-state index contributed by atoms with van der Waals surface area (Å²) in [6.45, 7) is 4.14. The molecule has 2 aromatic rings. The van der Waals surface area contributed by atoms with E-state index in [4.69, 9.17) is 9.47 Å². The van der Waals surface area contributed by atoms with Crippen LogP contribution >= 0.6 is 0 Å². The summed E-state index contributed by atoms with van der Waals surface area (Å²) in [4.78, 5) is 15.0. The van der Waals surface area contributed by atoms with E-state index in [1.54, 1.807) is 13.3 Å². The molecule has 2 aliphatic rings. The molecule has 132 valence electrons. The normalized spacial score (nSPS) is 25.3. The van der Waals surface area contributed by atoms with E-state index in [1.807, 2.05) is 46.1 Å². The molecule has 2 aliphatic heterocycles. The Morgan fingerprint density at radius 1 is 1.44 bits per heavy atom. The fourth-order valence-corrected chi connectivity index (χ4v) is 4.04. The second kappa shape index (κ2) is 6.61. The monoisotopic (exact) mass is 341 g/mol. The lowest BCUT2D eigenvalue weighted by molar-refractivity contribution is 0.0489. The third kappa shape index (κ3) is 3.07. The second-order valence-corrected chi connectivity index (χ2v) is 7.10. The van der Waals surface area contributed by atoms with Crippen molar-refractivity contribution in [3.8, 4) is 0 Å². The number of carbonyl (C=O) groups is 1. The van der Waals surface area contributed by atoms with Gasteiger partial charge in [-0.25, -0.2) is 0 Å². The average Bonchev–Trinajstić information content (AvgIpc) is 3.30. The summed E-state index contributed by atoms with van der Waals surface area (Å²) >= 11 is 0. The van der Waals surface area contributed by atoms with Gasteiger partial charge in [0.1, 0.15) is 0 Å². The second-order valence-electron chi connectivity index (χ2n) is 7.10. The van der Waals surface area contributed by atoms with Crippen molar-refractivity contribution in [2.45, 2.75) is 6.54 Å². The number of rotatable bonds is 5. The maximum absolute atomic E-state index is 13.0. The van der Waals surface area contributed by atoms with Crippen LogP contribution in [-0.2, 0) is 16.0 Å². The largest absolute Gasteiger partial charge is 0.384 e. The van der Waals surface area contributed by atoms with Crippen LogP contribution in [0.5, 0.6) is 0 Å². The van der Waals surface area contributed by atoms with Gasteiger partial charge in [-0.3, -0.25) is 9.48 Å². The van der Waals surface area contributed by atoms with E-state index in [0.29, 0.717) is 38.8 Å². The topological polar surface area (TPSA) is 56.6 Å². The first-order valence-corrected chi connectivity index (χ1v) is 8.62. The van der Waals surface area contributed by atoms with Crippen molar-refractivity contribution in [2.75, 3.05) is 40.0 Å². The Morgan fingerprint density at radius 3 is 3.16 bits per heavy atom. The van der Waals surface area contributed by atoms with Crippen LogP contribution in [0.4, 0.5) is 0 Å². The molecule has 2 saturated heterocycles. The molecule has 0 radical (unpaired) electrons. The van der Waals surface area contributed by atoms with Gasteiger partial charge in [-0.2, -0.15) is 5.10 Å². The first-order chi connectivity index (χ1) is 12.2. The summed E-state index contributed by atoms with van der Waals surface area (Å²) < 4.78 is 12.9. The first-order valence-electron chi connectivity index (χ1n) is 8.62. The fraction of sp³-hybridized carbons (Fsp3) is 0.474. The van der Waals surface area contributed by atoms with Crippen molar-refractivity contribution in [1.82, 2.24) is 14.7 Å². The molecule has 1 aromatic carbocycles. The van der Waals surface area contributed by atoms with Gasteiger partial charge in [0.05, 0.1) is 26.4 Å². The Hall–Kier alpha value is -2.18. The lowest BCUT2D eigenvalue weighted by Crippen LogP contribution is -2.37. The van der Waals surface area contributed by atoms with Gasteiger partial charge < -0.3 is 14.4 Å². The number of ether oxygens (including phenoxy) is 2. The van der Waals surface area contributed by atoms with Gasteiger partial charge in [0.25, 0.3) is 5.91 Å². The Balaban J connectivity index is 1.50. The molecular formula is C19H23N3O3. The molecule has 1 amide bonds. The number of nitrogens with zero attached hydrogens (tertiary/aromatic N) is 3. The molecule has 0 spiro atoms. The van der Waals surface area contributed by atoms with Crippen LogP contribution in [0.15, 0.2) is 42.7 Å². The summed E-state index contributed by atoms with van der Waals surface area (Å²) in [5.74, 6) is 0.454. The smallest absolute Gasteiger partial charge is 0.253 e. The molecule has 2 fully saturated rings. The predicted octanol–water partition coefficient (Wildman–Crippen LogP) is 1.67. The number of fused-ring (bicyclic) bond motifs is 1. The summed E-state index contributed by atoms with van der Waals surface area (Å²) in [5, 5.41) is 4.23. The molecule has 6 nitrogen and oxygen atoms in total. The summed E-state index contributed by atoms with van der Waals surface area (Å²) in [6.07, 6.45) is 3.68. The number of hydrogen-bond donors (Lipinski definition) is 0. The number of likely N-dealkylation sites (tertiary alicyclic amines) is 1. The lowest BCUT2D eigenvalue weighted by atomic mass is 9.82. The van der Waals surface area contributed by atoms with Crippen molar-refractivity contribution in [2.24, 2.45) is 11.3 Å². The van der Waals surface area contributed by atoms with Gasteiger partial charge in [0.2, 0.25) is 0 Å². The Bertz CT molecular complexity index is 746. The summed E-state index contributed by atoms with van der Waals surface area (Å²) in [6, 6.07) is 9.73. The van der Waals surface area contributed by atoms with E-state index in [1.165, 1.54) is 0 Å². The van der Waals surface area contributed by atoms with Crippen LogP contribution < -0.4 is 0 Å². The summed E-state index contributed by atoms with van der Waals surface area (Å²) in [7, 11) is 1.72. The van der Waals surface area contributed by atoms with Gasteiger partial charge in [-0.15, -0.1) is 0 Å². The van der Waals surface area contributed by atoms with Crippen molar-refractivity contribution in [3.63, 3.8) is 0 Å². The number of methoxy groups -OCH3 is 1. The maximum Gasteiger partial charge on any atom is 0.253 e. The van der Waals surface area contributed by atoms with E-state index in [9.17, 15) is 4.79 Å². The third-order valence-electron chi connectivity index (χ3n) is 5.32. The maximum atomic E-state index is 13.0. The van der Waals surface area contributed by atoms with Crippen molar-refractivity contribution in [1.29, 1.82) is 0 Å². The number of carbonyl (C=O) groups excluding carboxylic acids is 1. The molecule has 0 unspecified atom stereocenters. The number of amides is 1. The van der Waals surface area contributed by atoms with Crippen LogP contribution in [0.3, 0.4) is 0 Å². The highest BCUT2D eigenvalue weighted by molar-refractivity contribution is 5.94. The minimum atomic E-state index is -0.0446. The minimum Gasteiger partial charge on any atom is -0.384 e. The standard InChI is InChI=1S/C19H23N3O3/c1-24-13-19-12-21(10-17(19)11-25-14-19)18(23)16-5-2-4-15(8-16)9-22-7-3-6-20-22/h2-8,17H,9-14H2,1H3/t17-,19-/m0/s1. The lowest BCUT2D eigenvalue weighted by Gasteiger charge is -2.26. The predicted molar refractivity (Wildman–Crippen MR) is 92.3 cm³/mol. The van der Waals surface area contributed by atoms with E-state index in [-0.39, 0.29) is 11.3 Å². The van der Waals surface area contributed by atoms with Gasteiger partial charge in [0, 0.05) is 49.5 Å². The number of aromatic nitrogens is 2.